The lowest BCUT2D eigenvalue weighted by Crippen LogP contribution is -2.44. The first kappa shape index (κ1) is 15.2. The molecule has 7 nitrogen and oxygen atoms in total. The molecule has 2 aliphatic heterocycles. The number of nitrogens with zero attached hydrogens (tertiary/aromatic N) is 3. The van der Waals surface area contributed by atoms with E-state index in [4.69, 9.17) is 4.74 Å². The van der Waals surface area contributed by atoms with Crippen LogP contribution in [0.5, 0.6) is 0 Å². The maximum absolute atomic E-state index is 11.1. The Morgan fingerprint density at radius 3 is 3.00 bits per heavy atom. The van der Waals surface area contributed by atoms with Gasteiger partial charge in [-0.1, -0.05) is 0 Å². The molecule has 0 radical (unpaired) electrons. The lowest BCUT2D eigenvalue weighted by Gasteiger charge is -2.32. The Balaban J connectivity index is 1.69. The summed E-state index contributed by atoms with van der Waals surface area (Å²) in [4.78, 5) is 17.3. The van der Waals surface area contributed by atoms with Crippen LogP contribution in [0.4, 0.5) is 11.5 Å². The molecule has 2 saturated heterocycles. The largest absolute Gasteiger partial charge is 0.381 e. The van der Waals surface area contributed by atoms with Crippen LogP contribution >= 0.6 is 0 Å². The van der Waals surface area contributed by atoms with Crippen LogP contribution in [0.1, 0.15) is 19.3 Å². The number of nitrogens with one attached hydrogen (secondary N) is 1. The molecule has 3 heterocycles. The summed E-state index contributed by atoms with van der Waals surface area (Å²) in [6.07, 6.45) is 5.10. The molecule has 0 spiro atoms. The lowest BCUT2D eigenvalue weighted by atomic mass is 9.97. The van der Waals surface area contributed by atoms with E-state index in [2.05, 4.69) is 15.2 Å². The van der Waals surface area contributed by atoms with E-state index in [0.717, 1.165) is 32.7 Å². The average Bonchev–Trinajstić information content (AvgIpc) is 3.21. The predicted octanol–water partition coefficient (Wildman–Crippen LogP) is 1.90. The predicted molar refractivity (Wildman–Crippen MR) is 82.9 cm³/mol. The van der Waals surface area contributed by atoms with Crippen molar-refractivity contribution in [3.8, 4) is 0 Å². The van der Waals surface area contributed by atoms with Crippen LogP contribution < -0.4 is 5.32 Å². The standard InChI is InChI=1S/C15H22N4O3/c20-19(21)13-4-3-6-16-15(13)17-10-14(12-5-9-22-11-12)18-7-1-2-8-18/h3-4,6,12,14H,1-2,5,7-11H2,(H,16,17)/t12-,14-/m1/s1. The van der Waals surface area contributed by atoms with E-state index in [9.17, 15) is 10.1 Å². The average molecular weight is 306 g/mol. The number of anilines is 1. The molecule has 0 aromatic carbocycles. The molecular weight excluding hydrogens is 284 g/mol. The Hall–Kier alpha value is -1.73. The highest BCUT2D eigenvalue weighted by Crippen LogP contribution is 2.26. The maximum atomic E-state index is 11.1. The molecular formula is C15H22N4O3. The van der Waals surface area contributed by atoms with Gasteiger partial charge in [0.25, 0.3) is 0 Å². The van der Waals surface area contributed by atoms with Crippen LogP contribution in [0.25, 0.3) is 0 Å². The number of hydrogen-bond acceptors (Lipinski definition) is 6. The molecule has 0 unspecified atom stereocenters. The number of aromatic nitrogens is 1. The lowest BCUT2D eigenvalue weighted by molar-refractivity contribution is -0.384. The number of nitro groups is 1. The molecule has 0 bridgehead atoms. The Labute approximate surface area is 129 Å². The van der Waals surface area contributed by atoms with Crippen molar-refractivity contribution in [2.75, 3.05) is 38.2 Å². The van der Waals surface area contributed by atoms with E-state index in [1.807, 2.05) is 0 Å². The third-order valence-corrected chi connectivity index (χ3v) is 4.58. The number of pyridine rings is 1. The Morgan fingerprint density at radius 2 is 2.32 bits per heavy atom. The normalized spacial score (nSPS) is 23.5. The van der Waals surface area contributed by atoms with Gasteiger partial charge in [-0.05, 0) is 38.4 Å². The quantitative estimate of drug-likeness (QED) is 0.638. The van der Waals surface area contributed by atoms with Gasteiger partial charge in [0, 0.05) is 37.4 Å². The van der Waals surface area contributed by atoms with Crippen molar-refractivity contribution in [1.29, 1.82) is 0 Å². The number of hydrogen-bond donors (Lipinski definition) is 1. The molecule has 1 aromatic heterocycles. The number of ether oxygens (including phenoxy) is 1. The topological polar surface area (TPSA) is 80.5 Å². The third-order valence-electron chi connectivity index (χ3n) is 4.58. The van der Waals surface area contributed by atoms with Crippen molar-refractivity contribution >= 4 is 11.5 Å². The third kappa shape index (κ3) is 3.36. The molecule has 2 atom stereocenters. The van der Waals surface area contributed by atoms with Crippen molar-refractivity contribution < 1.29 is 9.66 Å². The van der Waals surface area contributed by atoms with Crippen LogP contribution in [-0.4, -0.2) is 53.7 Å². The van der Waals surface area contributed by atoms with E-state index in [0.29, 0.717) is 24.3 Å². The van der Waals surface area contributed by atoms with Gasteiger partial charge in [-0.3, -0.25) is 15.0 Å². The maximum Gasteiger partial charge on any atom is 0.311 e. The second kappa shape index (κ2) is 7.02. The van der Waals surface area contributed by atoms with Crippen molar-refractivity contribution in [3.63, 3.8) is 0 Å². The van der Waals surface area contributed by atoms with E-state index >= 15 is 0 Å². The molecule has 0 amide bonds. The minimum absolute atomic E-state index is 0.0327. The number of likely N-dealkylation sites (tertiary alicyclic amines) is 1. The van der Waals surface area contributed by atoms with Crippen molar-refractivity contribution in [2.24, 2.45) is 5.92 Å². The van der Waals surface area contributed by atoms with Gasteiger partial charge in [-0.25, -0.2) is 4.98 Å². The zero-order valence-corrected chi connectivity index (χ0v) is 12.6. The van der Waals surface area contributed by atoms with Crippen LogP contribution in [0.15, 0.2) is 18.3 Å². The molecule has 2 fully saturated rings. The zero-order chi connectivity index (χ0) is 15.4. The van der Waals surface area contributed by atoms with Crippen LogP contribution in [0, 0.1) is 16.0 Å². The van der Waals surface area contributed by atoms with Crippen LogP contribution in [0.2, 0.25) is 0 Å². The first-order valence-electron chi connectivity index (χ1n) is 7.91. The monoisotopic (exact) mass is 306 g/mol. The SMILES string of the molecule is O=[N+]([O-])c1cccnc1NC[C@H]([C@@H]1CCOC1)N1CCCC1. The highest BCUT2D eigenvalue weighted by Gasteiger charge is 2.32. The fourth-order valence-corrected chi connectivity index (χ4v) is 3.40. The summed E-state index contributed by atoms with van der Waals surface area (Å²) >= 11 is 0. The smallest absolute Gasteiger partial charge is 0.311 e. The number of rotatable bonds is 6. The van der Waals surface area contributed by atoms with E-state index in [-0.39, 0.29) is 5.69 Å². The summed E-state index contributed by atoms with van der Waals surface area (Å²) in [5, 5.41) is 14.3. The molecule has 120 valence electrons. The molecule has 2 aliphatic rings. The Morgan fingerprint density at radius 1 is 1.50 bits per heavy atom. The van der Waals surface area contributed by atoms with Gasteiger partial charge in [0.15, 0.2) is 0 Å². The fourth-order valence-electron chi connectivity index (χ4n) is 3.40. The zero-order valence-electron chi connectivity index (χ0n) is 12.6. The molecule has 1 N–H and O–H groups in total. The van der Waals surface area contributed by atoms with Gasteiger partial charge in [-0.2, -0.15) is 0 Å². The summed E-state index contributed by atoms with van der Waals surface area (Å²) in [7, 11) is 0. The summed E-state index contributed by atoms with van der Waals surface area (Å²) in [6, 6.07) is 3.43. The minimum atomic E-state index is -0.390. The second-order valence-corrected chi connectivity index (χ2v) is 5.94. The molecule has 3 rings (SSSR count). The van der Waals surface area contributed by atoms with Gasteiger partial charge in [-0.15, -0.1) is 0 Å². The first-order chi connectivity index (χ1) is 10.8. The highest BCUT2D eigenvalue weighted by molar-refractivity contribution is 5.55. The van der Waals surface area contributed by atoms with Gasteiger partial charge < -0.3 is 10.1 Å². The summed E-state index contributed by atoms with van der Waals surface area (Å²) in [5.41, 5.74) is 0.0327. The summed E-state index contributed by atoms with van der Waals surface area (Å²) < 4.78 is 5.53. The second-order valence-electron chi connectivity index (χ2n) is 5.94. The van der Waals surface area contributed by atoms with Gasteiger partial charge in [0.1, 0.15) is 0 Å². The molecule has 22 heavy (non-hydrogen) atoms. The molecule has 0 saturated carbocycles. The van der Waals surface area contributed by atoms with E-state index < -0.39 is 4.92 Å². The van der Waals surface area contributed by atoms with Crippen LogP contribution in [0.3, 0.4) is 0 Å². The van der Waals surface area contributed by atoms with Gasteiger partial charge in [0.2, 0.25) is 5.82 Å². The first-order valence-corrected chi connectivity index (χ1v) is 7.91. The molecule has 1 aromatic rings. The summed E-state index contributed by atoms with van der Waals surface area (Å²) in [5.74, 6) is 0.851. The Kier molecular flexibility index (Phi) is 4.84. The van der Waals surface area contributed by atoms with Crippen LogP contribution in [-0.2, 0) is 4.74 Å². The van der Waals surface area contributed by atoms with Crippen molar-refractivity contribution in [1.82, 2.24) is 9.88 Å². The molecule has 0 aliphatic carbocycles. The van der Waals surface area contributed by atoms with Gasteiger partial charge in [0.05, 0.1) is 11.5 Å². The van der Waals surface area contributed by atoms with Crippen molar-refractivity contribution in [3.05, 3.63) is 28.4 Å². The van der Waals surface area contributed by atoms with Crippen molar-refractivity contribution in [2.45, 2.75) is 25.3 Å². The molecule has 7 heteroatoms. The summed E-state index contributed by atoms with van der Waals surface area (Å²) in [6.45, 7) is 4.48. The van der Waals surface area contributed by atoms with E-state index in [1.54, 1.807) is 12.3 Å². The minimum Gasteiger partial charge on any atom is -0.381 e. The van der Waals surface area contributed by atoms with E-state index in [1.165, 1.54) is 18.9 Å². The Bertz CT molecular complexity index is 497. The highest BCUT2D eigenvalue weighted by atomic mass is 16.6. The van der Waals surface area contributed by atoms with Gasteiger partial charge >= 0.3 is 5.69 Å². The fraction of sp³-hybridized carbons (Fsp3) is 0.667.